The van der Waals surface area contributed by atoms with E-state index in [0.29, 0.717) is 6.04 Å². The largest absolute Gasteiger partial charge is 0.477 e. The maximum atomic E-state index is 10.6. The molecule has 0 aromatic heterocycles. The maximum Gasteiger partial charge on any atom is 0.477 e. The molecule has 0 fully saturated rings. The minimum atomic E-state index is -2.92. The normalized spacial score (nSPS) is 14.2. The summed E-state index contributed by atoms with van der Waals surface area (Å²) in [5.74, 6) is 0. The van der Waals surface area contributed by atoms with Crippen LogP contribution in [0.25, 0.3) is 0 Å². The summed E-state index contributed by atoms with van der Waals surface area (Å²) in [5, 5.41) is 0. The Bertz CT molecular complexity index is 197. The average Bonchev–Trinajstić information content (AvgIpc) is 1.93. The van der Waals surface area contributed by atoms with Crippen molar-refractivity contribution in [1.82, 2.24) is 0 Å². The van der Waals surface area contributed by atoms with Crippen molar-refractivity contribution in [2.75, 3.05) is 4.43 Å². The molecule has 0 amide bonds. The van der Waals surface area contributed by atoms with E-state index < -0.39 is 25.4 Å². The first-order chi connectivity index (χ1) is 6.97. The summed E-state index contributed by atoms with van der Waals surface area (Å²) < 4.78 is 12.9. The smallest absolute Gasteiger partial charge is 0.416 e. The van der Waals surface area contributed by atoms with Crippen LogP contribution >= 0.6 is 22.6 Å². The molecule has 0 aliphatic rings. The van der Waals surface area contributed by atoms with Gasteiger partial charge in [-0.05, 0) is 50.1 Å². The minimum Gasteiger partial charge on any atom is -0.416 e. The quantitative estimate of drug-likeness (QED) is 0.410. The monoisotopic (exact) mass is 392 g/mol. The third-order valence-corrected chi connectivity index (χ3v) is 10.8. The second-order valence-corrected chi connectivity index (χ2v) is 19.0. The van der Waals surface area contributed by atoms with E-state index in [1.54, 1.807) is 0 Å². The molecule has 0 rings (SSSR count). The molecule has 0 aliphatic carbocycles. The molecule has 0 bridgehead atoms. The lowest BCUT2D eigenvalue weighted by Gasteiger charge is -2.35. The van der Waals surface area contributed by atoms with Crippen molar-refractivity contribution >= 4 is 48.0 Å². The molecular weight excluding hydrogens is 367 g/mol. The molecule has 0 saturated carbocycles. The summed E-state index contributed by atoms with van der Waals surface area (Å²) in [6.07, 6.45) is 0.970. The SMILES string of the molecule is C[Si](C)(C)O[Si](O)(CCCI)O[Si](C)(C)C. The van der Waals surface area contributed by atoms with Crippen LogP contribution in [0.1, 0.15) is 6.42 Å². The van der Waals surface area contributed by atoms with E-state index >= 15 is 0 Å². The summed E-state index contributed by atoms with van der Waals surface area (Å²) in [6.45, 7) is 12.6. The molecule has 0 heterocycles. The molecule has 0 radical (unpaired) electrons. The number of halogens is 1. The lowest BCUT2D eigenvalue weighted by molar-refractivity contribution is 0.243. The molecule has 7 heteroatoms. The van der Waals surface area contributed by atoms with Crippen LogP contribution in [0.2, 0.25) is 45.3 Å². The van der Waals surface area contributed by atoms with Gasteiger partial charge in [0.25, 0.3) is 0 Å². The van der Waals surface area contributed by atoms with Gasteiger partial charge in [0.1, 0.15) is 0 Å². The summed E-state index contributed by atoms with van der Waals surface area (Å²) >= 11 is 2.32. The molecule has 98 valence electrons. The van der Waals surface area contributed by atoms with Crippen LogP contribution in [0.3, 0.4) is 0 Å². The molecule has 3 nitrogen and oxygen atoms in total. The highest BCUT2D eigenvalue weighted by Crippen LogP contribution is 2.23. The van der Waals surface area contributed by atoms with Crippen LogP contribution in [0, 0.1) is 0 Å². The molecule has 0 aromatic carbocycles. The van der Waals surface area contributed by atoms with Gasteiger partial charge in [0.15, 0.2) is 16.6 Å². The van der Waals surface area contributed by atoms with Gasteiger partial charge in [-0.2, -0.15) is 0 Å². The molecule has 0 saturated heterocycles. The standard InChI is InChI=1S/C9H25IO3Si3/c1-14(2,3)12-16(11,9-7-8-10)13-15(4,5)6/h11H,7-9H2,1-6H3. The highest BCUT2D eigenvalue weighted by atomic mass is 127. The number of hydrogen-bond acceptors (Lipinski definition) is 3. The fourth-order valence-electron chi connectivity index (χ4n) is 1.37. The first-order valence-corrected chi connectivity index (χ1v) is 16.0. The Morgan fingerprint density at radius 3 is 1.56 bits per heavy atom. The zero-order valence-corrected chi connectivity index (χ0v) is 16.4. The number of alkyl halides is 1. The van der Waals surface area contributed by atoms with Crippen molar-refractivity contribution in [2.24, 2.45) is 0 Å². The van der Waals surface area contributed by atoms with Crippen LogP contribution in [-0.4, -0.2) is 34.7 Å². The van der Waals surface area contributed by atoms with Gasteiger partial charge in [0.05, 0.1) is 0 Å². The third kappa shape index (κ3) is 9.31. The molecule has 0 aromatic rings. The first-order valence-electron chi connectivity index (χ1n) is 5.66. The highest BCUT2D eigenvalue weighted by Gasteiger charge is 2.43. The fourth-order valence-corrected chi connectivity index (χ4v) is 12.1. The lowest BCUT2D eigenvalue weighted by atomic mass is 10.6. The van der Waals surface area contributed by atoms with E-state index in [9.17, 15) is 4.80 Å². The van der Waals surface area contributed by atoms with Gasteiger partial charge >= 0.3 is 8.80 Å². The van der Waals surface area contributed by atoms with Gasteiger partial charge in [0.2, 0.25) is 0 Å². The van der Waals surface area contributed by atoms with Gasteiger partial charge < -0.3 is 13.0 Å². The third-order valence-electron chi connectivity index (χ3n) is 1.56. The van der Waals surface area contributed by atoms with E-state index in [0.717, 1.165) is 10.8 Å². The van der Waals surface area contributed by atoms with Gasteiger partial charge in [-0.1, -0.05) is 22.6 Å². The first kappa shape index (κ1) is 17.3. The minimum absolute atomic E-state index is 0.699. The fraction of sp³-hybridized carbons (Fsp3) is 1.00. The van der Waals surface area contributed by atoms with Crippen LogP contribution in [0.4, 0.5) is 0 Å². The average molecular weight is 392 g/mol. The van der Waals surface area contributed by atoms with Crippen LogP contribution in [0.5, 0.6) is 0 Å². The predicted molar refractivity (Wildman–Crippen MR) is 85.1 cm³/mol. The Balaban J connectivity index is 4.61. The van der Waals surface area contributed by atoms with E-state index in [4.69, 9.17) is 8.23 Å². The number of rotatable bonds is 7. The van der Waals surface area contributed by atoms with Crippen LogP contribution in [-0.2, 0) is 8.23 Å². The Labute approximate surface area is 117 Å². The van der Waals surface area contributed by atoms with Crippen molar-refractivity contribution in [3.05, 3.63) is 0 Å². The molecule has 0 atom stereocenters. The Kier molecular flexibility index (Phi) is 6.94. The topological polar surface area (TPSA) is 38.7 Å². The van der Waals surface area contributed by atoms with E-state index in [2.05, 4.69) is 61.9 Å². The Morgan fingerprint density at radius 1 is 0.938 bits per heavy atom. The van der Waals surface area contributed by atoms with Crippen molar-refractivity contribution < 1.29 is 13.0 Å². The highest BCUT2D eigenvalue weighted by molar-refractivity contribution is 14.1. The summed E-state index contributed by atoms with van der Waals surface area (Å²) in [5.41, 5.74) is 0. The van der Waals surface area contributed by atoms with E-state index in [1.165, 1.54) is 0 Å². The van der Waals surface area contributed by atoms with Gasteiger partial charge in [-0.25, -0.2) is 0 Å². The second-order valence-electron chi connectivity index (χ2n) is 5.93. The van der Waals surface area contributed by atoms with Gasteiger partial charge in [0, 0.05) is 6.04 Å². The predicted octanol–water partition coefficient (Wildman–Crippen LogP) is 3.45. The van der Waals surface area contributed by atoms with Crippen molar-refractivity contribution in [1.29, 1.82) is 0 Å². The van der Waals surface area contributed by atoms with Crippen LogP contribution < -0.4 is 0 Å². The molecule has 0 spiro atoms. The molecule has 0 aliphatic heterocycles. The zero-order chi connectivity index (χ0) is 13.0. The molecular formula is C9H25IO3Si3. The summed E-state index contributed by atoms with van der Waals surface area (Å²) in [6, 6.07) is 0.699. The van der Waals surface area contributed by atoms with E-state index in [-0.39, 0.29) is 0 Å². The van der Waals surface area contributed by atoms with Crippen molar-refractivity contribution in [2.45, 2.75) is 51.7 Å². The van der Waals surface area contributed by atoms with E-state index in [1.807, 2.05) is 0 Å². The van der Waals surface area contributed by atoms with Gasteiger partial charge in [-0.15, -0.1) is 0 Å². The number of hydrogen-bond donors (Lipinski definition) is 1. The van der Waals surface area contributed by atoms with Gasteiger partial charge in [-0.3, -0.25) is 0 Å². The second kappa shape index (κ2) is 6.43. The summed E-state index contributed by atoms with van der Waals surface area (Å²) in [7, 11) is -6.39. The molecule has 16 heavy (non-hydrogen) atoms. The maximum absolute atomic E-state index is 10.6. The van der Waals surface area contributed by atoms with Crippen molar-refractivity contribution in [3.63, 3.8) is 0 Å². The van der Waals surface area contributed by atoms with Crippen molar-refractivity contribution in [3.8, 4) is 0 Å². The molecule has 0 unspecified atom stereocenters. The Hall–Kier alpha value is 1.26. The zero-order valence-electron chi connectivity index (χ0n) is 11.3. The van der Waals surface area contributed by atoms with Crippen LogP contribution in [0.15, 0.2) is 0 Å². The molecule has 1 N–H and O–H groups in total. The summed E-state index contributed by atoms with van der Waals surface area (Å²) in [4.78, 5) is 10.6. The Morgan fingerprint density at radius 2 is 1.31 bits per heavy atom. The lowest BCUT2D eigenvalue weighted by Crippen LogP contribution is -2.54.